The smallest absolute Gasteiger partial charge is 0.147 e. The molecular weight excluding hydrogens is 300 g/mol. The van der Waals surface area contributed by atoms with Crippen LogP contribution in [0.2, 0.25) is 0 Å². The lowest BCUT2D eigenvalue weighted by Gasteiger charge is -2.04. The molecule has 2 aromatic heterocycles. The number of halogens is 1. The summed E-state index contributed by atoms with van der Waals surface area (Å²) in [6, 6.07) is 2.14. The van der Waals surface area contributed by atoms with E-state index in [2.05, 4.69) is 42.8 Å². The maximum Gasteiger partial charge on any atom is 0.147 e. The van der Waals surface area contributed by atoms with Crippen LogP contribution in [0.4, 0.5) is 0 Å². The third kappa shape index (κ3) is 3.62. The summed E-state index contributed by atoms with van der Waals surface area (Å²) in [4.78, 5) is 5.61. The molecule has 17 heavy (non-hydrogen) atoms. The summed E-state index contributed by atoms with van der Waals surface area (Å²) in [5.41, 5.74) is 0. The number of aryl methyl sites for hydroxylation is 2. The van der Waals surface area contributed by atoms with E-state index in [4.69, 9.17) is 0 Å². The van der Waals surface area contributed by atoms with E-state index in [1.165, 1.54) is 4.88 Å². The molecule has 0 fully saturated rings. The number of nitrogens with zero attached hydrogens (tertiary/aromatic N) is 3. The minimum absolute atomic E-state index is 0.838. The lowest BCUT2D eigenvalue weighted by molar-refractivity contribution is 0.542. The van der Waals surface area contributed by atoms with E-state index >= 15 is 0 Å². The Morgan fingerprint density at radius 1 is 1.47 bits per heavy atom. The predicted octanol–water partition coefficient (Wildman–Crippen LogP) is 2.51. The molecule has 92 valence electrons. The first-order chi connectivity index (χ1) is 8.15. The summed E-state index contributed by atoms with van der Waals surface area (Å²) in [5, 5.41) is 9.82. The molecule has 2 rings (SSSR count). The summed E-state index contributed by atoms with van der Waals surface area (Å²) in [5.74, 6) is 1.81. The molecule has 4 nitrogen and oxygen atoms in total. The molecule has 0 amide bonds. The van der Waals surface area contributed by atoms with Gasteiger partial charge in [-0.2, -0.15) is 5.10 Å². The molecule has 1 N–H and O–H groups in total. The quantitative estimate of drug-likeness (QED) is 0.862. The van der Waals surface area contributed by atoms with Crippen LogP contribution >= 0.6 is 27.3 Å². The maximum absolute atomic E-state index is 4.32. The van der Waals surface area contributed by atoms with E-state index in [1.807, 2.05) is 18.5 Å². The van der Waals surface area contributed by atoms with Crippen LogP contribution in [-0.4, -0.2) is 21.3 Å². The monoisotopic (exact) mass is 314 g/mol. The Hall–Kier alpha value is -0.720. The SMILES string of the molecule is Cc1nc(C)n(CCNCc2cc(Br)cs2)n1. The Morgan fingerprint density at radius 2 is 2.29 bits per heavy atom. The molecule has 0 unspecified atom stereocenters. The van der Waals surface area contributed by atoms with Gasteiger partial charge in [-0.05, 0) is 35.8 Å². The van der Waals surface area contributed by atoms with Gasteiger partial charge < -0.3 is 5.32 Å². The van der Waals surface area contributed by atoms with Gasteiger partial charge in [0.15, 0.2) is 0 Å². The van der Waals surface area contributed by atoms with E-state index in [1.54, 1.807) is 11.3 Å². The third-order valence-electron chi connectivity index (χ3n) is 2.38. The summed E-state index contributed by atoms with van der Waals surface area (Å²) in [6.45, 7) is 6.57. The Balaban J connectivity index is 1.75. The molecule has 0 saturated carbocycles. The third-order valence-corrected chi connectivity index (χ3v) is 4.08. The van der Waals surface area contributed by atoms with Gasteiger partial charge in [0.05, 0.1) is 6.54 Å². The van der Waals surface area contributed by atoms with E-state index in [9.17, 15) is 0 Å². The minimum Gasteiger partial charge on any atom is -0.310 e. The fraction of sp³-hybridized carbons (Fsp3) is 0.455. The number of aromatic nitrogens is 3. The molecule has 0 spiro atoms. The van der Waals surface area contributed by atoms with Crippen LogP contribution in [-0.2, 0) is 13.1 Å². The Kier molecular flexibility index (Phi) is 4.31. The topological polar surface area (TPSA) is 42.7 Å². The van der Waals surface area contributed by atoms with Crippen LogP contribution in [0.15, 0.2) is 15.9 Å². The minimum atomic E-state index is 0.838. The number of thiophene rings is 1. The van der Waals surface area contributed by atoms with Crippen molar-refractivity contribution in [3.8, 4) is 0 Å². The maximum atomic E-state index is 4.32. The van der Waals surface area contributed by atoms with E-state index in [0.29, 0.717) is 0 Å². The zero-order chi connectivity index (χ0) is 12.3. The molecule has 0 radical (unpaired) electrons. The zero-order valence-corrected chi connectivity index (χ0v) is 12.3. The zero-order valence-electron chi connectivity index (χ0n) is 9.90. The Morgan fingerprint density at radius 3 is 2.88 bits per heavy atom. The number of nitrogens with one attached hydrogen (secondary N) is 1. The van der Waals surface area contributed by atoms with Crippen LogP contribution in [0.25, 0.3) is 0 Å². The summed E-state index contributed by atoms with van der Waals surface area (Å²) in [6.07, 6.45) is 0. The highest BCUT2D eigenvalue weighted by Gasteiger charge is 2.01. The summed E-state index contributed by atoms with van der Waals surface area (Å²) >= 11 is 5.21. The van der Waals surface area contributed by atoms with Gasteiger partial charge in [0.2, 0.25) is 0 Å². The highest BCUT2D eigenvalue weighted by Crippen LogP contribution is 2.19. The molecule has 0 atom stereocenters. The first kappa shape index (κ1) is 12.7. The molecule has 0 aromatic carbocycles. The van der Waals surface area contributed by atoms with Gasteiger partial charge in [-0.15, -0.1) is 11.3 Å². The number of hydrogen-bond donors (Lipinski definition) is 1. The highest BCUT2D eigenvalue weighted by molar-refractivity contribution is 9.10. The van der Waals surface area contributed by atoms with Crippen LogP contribution in [0.3, 0.4) is 0 Å². The highest BCUT2D eigenvalue weighted by atomic mass is 79.9. The van der Waals surface area contributed by atoms with Gasteiger partial charge in [0.1, 0.15) is 11.6 Å². The molecule has 0 aliphatic rings. The van der Waals surface area contributed by atoms with Gasteiger partial charge in [0.25, 0.3) is 0 Å². The van der Waals surface area contributed by atoms with Gasteiger partial charge in [-0.1, -0.05) is 0 Å². The second kappa shape index (κ2) is 5.75. The van der Waals surface area contributed by atoms with Crippen LogP contribution in [0.5, 0.6) is 0 Å². The van der Waals surface area contributed by atoms with Gasteiger partial charge in [-0.3, -0.25) is 0 Å². The van der Waals surface area contributed by atoms with Crippen LogP contribution in [0.1, 0.15) is 16.5 Å². The number of hydrogen-bond acceptors (Lipinski definition) is 4. The van der Waals surface area contributed by atoms with Crippen molar-refractivity contribution in [2.24, 2.45) is 0 Å². The van der Waals surface area contributed by atoms with Crippen molar-refractivity contribution in [1.82, 2.24) is 20.1 Å². The predicted molar refractivity (Wildman–Crippen MR) is 73.2 cm³/mol. The van der Waals surface area contributed by atoms with Crippen molar-refractivity contribution in [2.75, 3.05) is 6.54 Å². The van der Waals surface area contributed by atoms with E-state index in [0.717, 1.165) is 35.8 Å². The second-order valence-corrected chi connectivity index (χ2v) is 5.75. The summed E-state index contributed by atoms with van der Waals surface area (Å²) in [7, 11) is 0. The average molecular weight is 315 g/mol. The molecule has 2 aromatic rings. The van der Waals surface area contributed by atoms with E-state index < -0.39 is 0 Å². The lowest BCUT2D eigenvalue weighted by atomic mass is 10.4. The summed E-state index contributed by atoms with van der Waals surface area (Å²) < 4.78 is 3.09. The van der Waals surface area contributed by atoms with Crippen molar-refractivity contribution in [3.63, 3.8) is 0 Å². The Bertz CT molecular complexity index is 491. The van der Waals surface area contributed by atoms with Crippen molar-refractivity contribution in [3.05, 3.63) is 32.4 Å². The molecule has 0 saturated heterocycles. The fourth-order valence-electron chi connectivity index (χ4n) is 1.62. The van der Waals surface area contributed by atoms with Gasteiger partial charge >= 0.3 is 0 Å². The van der Waals surface area contributed by atoms with Crippen molar-refractivity contribution in [2.45, 2.75) is 26.9 Å². The molecule has 0 aliphatic heterocycles. The van der Waals surface area contributed by atoms with Crippen LogP contribution in [0, 0.1) is 13.8 Å². The lowest BCUT2D eigenvalue weighted by Crippen LogP contribution is -2.20. The second-order valence-electron chi connectivity index (χ2n) is 3.84. The molecule has 0 aliphatic carbocycles. The fourth-order valence-corrected chi connectivity index (χ4v) is 3.04. The molecular formula is C11H15BrN4S. The molecule has 2 heterocycles. The van der Waals surface area contributed by atoms with Gasteiger partial charge in [-0.25, -0.2) is 9.67 Å². The normalized spacial score (nSPS) is 11.0. The van der Waals surface area contributed by atoms with E-state index in [-0.39, 0.29) is 0 Å². The van der Waals surface area contributed by atoms with Crippen molar-refractivity contribution < 1.29 is 0 Å². The van der Waals surface area contributed by atoms with Crippen LogP contribution < -0.4 is 5.32 Å². The van der Waals surface area contributed by atoms with Crippen molar-refractivity contribution >= 4 is 27.3 Å². The average Bonchev–Trinajstić information content (AvgIpc) is 2.81. The Labute approximate surface area is 113 Å². The van der Waals surface area contributed by atoms with Gasteiger partial charge in [0, 0.05) is 27.8 Å². The standard InChI is InChI=1S/C11H15BrN4S/c1-8-14-9(2)16(15-8)4-3-13-6-11-5-10(12)7-17-11/h5,7,13H,3-4,6H2,1-2H3. The first-order valence-corrected chi connectivity index (χ1v) is 7.14. The first-order valence-electron chi connectivity index (χ1n) is 5.47. The van der Waals surface area contributed by atoms with Crippen molar-refractivity contribution in [1.29, 1.82) is 0 Å². The molecule has 6 heteroatoms. The largest absolute Gasteiger partial charge is 0.310 e. The molecule has 0 bridgehead atoms. The number of rotatable bonds is 5.